The number of hydrogen-bond donors (Lipinski definition) is 0. The average molecular weight is 391 g/mol. The van der Waals surface area contributed by atoms with Gasteiger partial charge in [0.25, 0.3) is 0 Å². The summed E-state index contributed by atoms with van der Waals surface area (Å²) >= 11 is 0. The molecule has 26 heavy (non-hydrogen) atoms. The first-order valence-corrected chi connectivity index (χ1v) is 9.01. The van der Waals surface area contributed by atoms with Crippen molar-refractivity contribution in [2.75, 3.05) is 26.2 Å². The van der Waals surface area contributed by atoms with Crippen LogP contribution in [0.5, 0.6) is 0 Å². The third-order valence-electron chi connectivity index (χ3n) is 5.55. The number of carbonyl (C=O) groups is 1. The van der Waals surface area contributed by atoms with E-state index >= 15 is 0 Å². The standard InChI is InChI=1S/C19H25F3N2O.ClH/c1-15(25)24-13-3-2-10-18(24,14-23-11-4-5-12-23)16-6-8-17(9-7-16)19(20,21)22;/h6-9H,2-5,10-14H2,1H3;1H. The Balaban J connectivity index is 0.00000243. The van der Waals surface area contributed by atoms with E-state index in [9.17, 15) is 18.0 Å². The van der Waals surface area contributed by atoms with E-state index in [1.807, 2.05) is 4.90 Å². The molecule has 0 aliphatic carbocycles. The zero-order chi connectivity index (χ0) is 18.1. The van der Waals surface area contributed by atoms with E-state index in [4.69, 9.17) is 0 Å². The minimum atomic E-state index is -4.34. The molecule has 2 aliphatic heterocycles. The molecule has 7 heteroatoms. The first-order chi connectivity index (χ1) is 11.8. The fourth-order valence-electron chi connectivity index (χ4n) is 4.33. The molecular formula is C19H26ClF3N2O. The first kappa shape index (κ1) is 21.0. The van der Waals surface area contributed by atoms with Crippen LogP contribution in [0.4, 0.5) is 13.2 Å². The van der Waals surface area contributed by atoms with Gasteiger partial charge in [0.05, 0.1) is 11.1 Å². The number of piperidine rings is 1. The number of amides is 1. The van der Waals surface area contributed by atoms with Crippen LogP contribution in [-0.4, -0.2) is 41.9 Å². The first-order valence-electron chi connectivity index (χ1n) is 9.01. The Labute approximate surface area is 158 Å². The van der Waals surface area contributed by atoms with Gasteiger partial charge in [-0.1, -0.05) is 12.1 Å². The largest absolute Gasteiger partial charge is 0.416 e. The Bertz CT molecular complexity index is 614. The highest BCUT2D eigenvalue weighted by Crippen LogP contribution is 2.40. The second kappa shape index (κ2) is 8.17. The van der Waals surface area contributed by atoms with Crippen molar-refractivity contribution in [3.63, 3.8) is 0 Å². The van der Waals surface area contributed by atoms with Crippen molar-refractivity contribution in [3.05, 3.63) is 35.4 Å². The molecule has 0 aromatic heterocycles. The summed E-state index contributed by atoms with van der Waals surface area (Å²) in [4.78, 5) is 16.5. The van der Waals surface area contributed by atoms with Crippen LogP contribution in [0.3, 0.4) is 0 Å². The van der Waals surface area contributed by atoms with E-state index in [2.05, 4.69) is 4.90 Å². The van der Waals surface area contributed by atoms with Gasteiger partial charge in [-0.15, -0.1) is 12.4 Å². The molecule has 2 saturated heterocycles. The normalized spacial score (nSPS) is 24.4. The fraction of sp³-hybridized carbons (Fsp3) is 0.632. The molecule has 1 aromatic rings. The Hall–Kier alpha value is -1.27. The molecule has 1 aromatic carbocycles. The summed E-state index contributed by atoms with van der Waals surface area (Å²) in [6.45, 7) is 4.93. The van der Waals surface area contributed by atoms with E-state index < -0.39 is 17.3 Å². The van der Waals surface area contributed by atoms with Crippen LogP contribution in [0, 0.1) is 0 Å². The molecule has 0 radical (unpaired) electrons. The quantitative estimate of drug-likeness (QED) is 0.761. The Kier molecular flexibility index (Phi) is 6.61. The summed E-state index contributed by atoms with van der Waals surface area (Å²) in [5, 5.41) is 0. The highest BCUT2D eigenvalue weighted by molar-refractivity contribution is 5.85. The predicted molar refractivity (Wildman–Crippen MR) is 97.3 cm³/mol. The number of hydrogen-bond acceptors (Lipinski definition) is 2. The van der Waals surface area contributed by atoms with Crippen LogP contribution < -0.4 is 0 Å². The number of benzene rings is 1. The molecule has 3 rings (SSSR count). The Morgan fingerprint density at radius 3 is 2.15 bits per heavy atom. The molecule has 0 N–H and O–H groups in total. The lowest BCUT2D eigenvalue weighted by Gasteiger charge is -2.49. The predicted octanol–water partition coefficient (Wildman–Crippen LogP) is 4.45. The van der Waals surface area contributed by atoms with Gasteiger partial charge < -0.3 is 9.80 Å². The minimum absolute atomic E-state index is 0. The van der Waals surface area contributed by atoms with Crippen molar-refractivity contribution in [3.8, 4) is 0 Å². The molecule has 0 spiro atoms. The average Bonchev–Trinajstić information content (AvgIpc) is 3.07. The van der Waals surface area contributed by atoms with Crippen molar-refractivity contribution >= 4 is 18.3 Å². The van der Waals surface area contributed by atoms with Gasteiger partial charge in [-0.2, -0.15) is 13.2 Å². The number of nitrogens with zero attached hydrogens (tertiary/aromatic N) is 2. The molecule has 3 nitrogen and oxygen atoms in total. The van der Waals surface area contributed by atoms with Crippen LogP contribution in [0.1, 0.15) is 50.2 Å². The zero-order valence-electron chi connectivity index (χ0n) is 15.0. The number of rotatable bonds is 3. The van der Waals surface area contributed by atoms with Crippen LogP contribution in [-0.2, 0) is 16.5 Å². The third-order valence-corrected chi connectivity index (χ3v) is 5.55. The number of likely N-dealkylation sites (tertiary alicyclic amines) is 2. The lowest BCUT2D eigenvalue weighted by molar-refractivity contribution is -0.140. The highest BCUT2D eigenvalue weighted by atomic mass is 35.5. The number of halogens is 4. The fourth-order valence-corrected chi connectivity index (χ4v) is 4.33. The number of alkyl halides is 3. The molecule has 1 unspecified atom stereocenters. The van der Waals surface area contributed by atoms with E-state index in [0.29, 0.717) is 13.1 Å². The van der Waals surface area contributed by atoms with Crippen LogP contribution in [0.15, 0.2) is 24.3 Å². The molecule has 2 fully saturated rings. The minimum Gasteiger partial charge on any atom is -0.332 e. The third kappa shape index (κ3) is 4.17. The molecule has 146 valence electrons. The van der Waals surface area contributed by atoms with Crippen molar-refractivity contribution in [1.82, 2.24) is 9.80 Å². The summed E-state index contributed by atoms with van der Waals surface area (Å²) in [7, 11) is 0. The van der Waals surface area contributed by atoms with Crippen LogP contribution in [0.25, 0.3) is 0 Å². The number of carbonyl (C=O) groups excluding carboxylic acids is 1. The summed E-state index contributed by atoms with van der Waals surface area (Å²) in [6.07, 6.45) is 0.675. The molecule has 0 bridgehead atoms. The molecule has 2 aliphatic rings. The van der Waals surface area contributed by atoms with Gasteiger partial charge in [-0.25, -0.2) is 0 Å². The monoisotopic (exact) mass is 390 g/mol. The SMILES string of the molecule is CC(=O)N1CCCCC1(CN1CCCC1)c1ccc(C(F)(F)F)cc1.Cl. The van der Waals surface area contributed by atoms with E-state index in [1.54, 1.807) is 19.1 Å². The van der Waals surface area contributed by atoms with Crippen molar-refractivity contribution in [2.45, 2.75) is 50.7 Å². The summed E-state index contributed by atoms with van der Waals surface area (Å²) in [6, 6.07) is 5.43. The van der Waals surface area contributed by atoms with Crippen LogP contribution >= 0.6 is 12.4 Å². The maximum absolute atomic E-state index is 12.9. The van der Waals surface area contributed by atoms with Crippen molar-refractivity contribution in [2.24, 2.45) is 0 Å². The van der Waals surface area contributed by atoms with Gasteiger partial charge >= 0.3 is 6.18 Å². The van der Waals surface area contributed by atoms with Gasteiger partial charge in [0.2, 0.25) is 5.91 Å². The van der Waals surface area contributed by atoms with Crippen molar-refractivity contribution in [1.29, 1.82) is 0 Å². The zero-order valence-corrected chi connectivity index (χ0v) is 15.8. The highest BCUT2D eigenvalue weighted by Gasteiger charge is 2.44. The van der Waals surface area contributed by atoms with Gasteiger partial charge in [0.15, 0.2) is 0 Å². The maximum atomic E-state index is 12.9. The molecule has 0 saturated carbocycles. The van der Waals surface area contributed by atoms with E-state index in [0.717, 1.165) is 62.9 Å². The van der Waals surface area contributed by atoms with Gasteiger partial charge in [0.1, 0.15) is 0 Å². The van der Waals surface area contributed by atoms with Crippen LogP contribution in [0.2, 0.25) is 0 Å². The van der Waals surface area contributed by atoms with Gasteiger partial charge in [-0.05, 0) is 62.9 Å². The summed E-state index contributed by atoms with van der Waals surface area (Å²) in [5.41, 5.74) is -0.335. The smallest absolute Gasteiger partial charge is 0.332 e. The second-order valence-electron chi connectivity index (χ2n) is 7.22. The maximum Gasteiger partial charge on any atom is 0.416 e. The van der Waals surface area contributed by atoms with Gasteiger partial charge in [0, 0.05) is 20.0 Å². The lowest BCUT2D eigenvalue weighted by atomic mass is 9.79. The summed E-state index contributed by atoms with van der Waals surface area (Å²) in [5.74, 6) is -0.00112. The second-order valence-corrected chi connectivity index (χ2v) is 7.22. The molecule has 1 amide bonds. The molecular weight excluding hydrogens is 365 g/mol. The molecule has 2 heterocycles. The van der Waals surface area contributed by atoms with Crippen molar-refractivity contribution < 1.29 is 18.0 Å². The molecule has 1 atom stereocenters. The van der Waals surface area contributed by atoms with Gasteiger partial charge in [-0.3, -0.25) is 4.79 Å². The van der Waals surface area contributed by atoms with E-state index in [-0.39, 0.29) is 18.3 Å². The lowest BCUT2D eigenvalue weighted by Crippen LogP contribution is -2.57. The topological polar surface area (TPSA) is 23.6 Å². The van der Waals surface area contributed by atoms with E-state index in [1.165, 1.54) is 0 Å². The summed E-state index contributed by atoms with van der Waals surface area (Å²) < 4.78 is 38.8. The Morgan fingerprint density at radius 2 is 1.62 bits per heavy atom. The Morgan fingerprint density at radius 1 is 1.04 bits per heavy atom.